The molecule has 0 bridgehead atoms. The first-order valence-electron chi connectivity index (χ1n) is 23.0. The molecule has 7 nitrogen and oxygen atoms in total. The summed E-state index contributed by atoms with van der Waals surface area (Å²) in [6.07, 6.45) is 47.9. The third kappa shape index (κ3) is 33.0. The van der Waals surface area contributed by atoms with Crippen LogP contribution >= 0.6 is 0 Å². The summed E-state index contributed by atoms with van der Waals surface area (Å²) in [5.74, 6) is -1.54. The smallest absolute Gasteiger partial charge is 0.744 e. The third-order valence-electron chi connectivity index (χ3n) is 10.5. The van der Waals surface area contributed by atoms with Crippen molar-refractivity contribution in [2.24, 2.45) is 0 Å². The molecular weight excluding hydrogens is 744 g/mol. The fraction of sp³-hybridized carbons (Fsp3) is 0.750. The number of carbonyl (C=O) groups excluding carboxylic acids is 2. The van der Waals surface area contributed by atoms with E-state index in [1.807, 2.05) is 0 Å². The number of unbranched alkanes of at least 4 members (excludes halogenated alkanes) is 28. The first-order valence-corrected chi connectivity index (χ1v) is 24.5. The summed E-state index contributed by atoms with van der Waals surface area (Å²) in [6.45, 7) is 4.84. The normalized spacial score (nSPS) is 11.7. The van der Waals surface area contributed by atoms with E-state index in [2.05, 4.69) is 38.2 Å². The number of allylic oxidation sites excluding steroid dienone is 4. The Kier molecular flexibility index (Phi) is 39.0. The minimum absolute atomic E-state index is 0. The van der Waals surface area contributed by atoms with E-state index in [1.165, 1.54) is 160 Å². The number of rotatable bonds is 39. The second kappa shape index (κ2) is 40.0. The average molecular weight is 825 g/mol. The minimum atomic E-state index is -4.82. The first-order chi connectivity index (χ1) is 27.3. The van der Waals surface area contributed by atoms with E-state index in [4.69, 9.17) is 9.47 Å². The van der Waals surface area contributed by atoms with Gasteiger partial charge in [0.15, 0.2) is 0 Å². The molecule has 0 unspecified atom stereocenters. The van der Waals surface area contributed by atoms with Crippen LogP contribution in [0.5, 0.6) is 0 Å². The van der Waals surface area contributed by atoms with Gasteiger partial charge in [0.05, 0.1) is 29.2 Å². The fourth-order valence-corrected chi connectivity index (χ4v) is 7.39. The molecule has 0 amide bonds. The fourth-order valence-electron chi connectivity index (χ4n) is 6.89. The molecule has 9 heteroatoms. The number of benzene rings is 1. The molecular formula is C48H81NaO7S. The van der Waals surface area contributed by atoms with Crippen LogP contribution in [0.2, 0.25) is 0 Å². The van der Waals surface area contributed by atoms with E-state index in [0.29, 0.717) is 12.8 Å². The third-order valence-corrected chi connectivity index (χ3v) is 11.3. The van der Waals surface area contributed by atoms with Crippen molar-refractivity contribution in [2.45, 2.75) is 224 Å². The van der Waals surface area contributed by atoms with Crippen molar-refractivity contribution in [3.63, 3.8) is 0 Å². The number of ether oxygens (including phenoxy) is 2. The molecule has 1 aromatic carbocycles. The van der Waals surface area contributed by atoms with Crippen LogP contribution in [0, 0.1) is 0 Å². The molecule has 1 rings (SSSR count). The predicted octanol–water partition coefficient (Wildman–Crippen LogP) is 11.5. The Bertz CT molecular complexity index is 1280. The molecule has 57 heavy (non-hydrogen) atoms. The standard InChI is InChI=1S/C48H82O7S.Na/c1-3-5-7-9-11-13-15-17-19-21-23-25-27-29-31-33-35-37-41-54-47(49)45-40-39-44(56(51,52)53)43-46(45)48(50)55-42-38-36-34-32-30-28-26-24-22-20-18-16-14-12-10-8-6-4-2;/h9-12,39-40,43H,3-8,13-38,41-42H2,1-2H3,(H,51,52,53);/q;+1/p-1/b11-9+,12-10+;. The van der Waals surface area contributed by atoms with Gasteiger partial charge in [0.2, 0.25) is 0 Å². The predicted molar refractivity (Wildman–Crippen MR) is 232 cm³/mol. The molecule has 0 aliphatic carbocycles. The van der Waals surface area contributed by atoms with E-state index >= 15 is 0 Å². The largest absolute Gasteiger partial charge is 1.00 e. The molecule has 0 radical (unpaired) electrons. The van der Waals surface area contributed by atoms with Crippen molar-refractivity contribution >= 4 is 22.1 Å². The van der Waals surface area contributed by atoms with Crippen LogP contribution in [0.4, 0.5) is 0 Å². The van der Waals surface area contributed by atoms with Crippen molar-refractivity contribution in [3.05, 3.63) is 53.6 Å². The Hall–Kier alpha value is -1.45. The van der Waals surface area contributed by atoms with Gasteiger partial charge in [0.25, 0.3) is 0 Å². The summed E-state index contributed by atoms with van der Waals surface area (Å²) in [4.78, 5) is 25.3. The molecule has 0 heterocycles. The maximum atomic E-state index is 12.9. The van der Waals surface area contributed by atoms with Crippen molar-refractivity contribution in [2.75, 3.05) is 13.2 Å². The zero-order valence-electron chi connectivity index (χ0n) is 36.8. The molecule has 0 spiro atoms. The Morgan fingerprint density at radius 3 is 1.11 bits per heavy atom. The van der Waals surface area contributed by atoms with Gasteiger partial charge in [-0.1, -0.05) is 192 Å². The molecule has 0 aromatic heterocycles. The van der Waals surface area contributed by atoms with Gasteiger partial charge in [-0.05, 0) is 69.6 Å². The van der Waals surface area contributed by atoms with Crippen molar-refractivity contribution < 1.29 is 61.6 Å². The summed E-state index contributed by atoms with van der Waals surface area (Å²) >= 11 is 0. The maximum Gasteiger partial charge on any atom is 1.00 e. The number of esters is 2. The van der Waals surface area contributed by atoms with Gasteiger partial charge in [0.1, 0.15) is 10.1 Å². The molecule has 0 aliphatic rings. The van der Waals surface area contributed by atoms with Crippen LogP contribution in [0.25, 0.3) is 0 Å². The summed E-state index contributed by atoms with van der Waals surface area (Å²) in [5.41, 5.74) is -0.335. The van der Waals surface area contributed by atoms with Gasteiger partial charge in [-0.3, -0.25) is 0 Å². The van der Waals surface area contributed by atoms with Crippen LogP contribution in [-0.4, -0.2) is 38.1 Å². The van der Waals surface area contributed by atoms with E-state index < -0.39 is 27.0 Å². The van der Waals surface area contributed by atoms with E-state index in [1.54, 1.807) is 0 Å². The molecule has 0 aliphatic heterocycles. The van der Waals surface area contributed by atoms with Crippen LogP contribution in [-0.2, 0) is 19.6 Å². The second-order valence-electron chi connectivity index (χ2n) is 15.7. The maximum absolute atomic E-state index is 12.9. The molecule has 0 fully saturated rings. The van der Waals surface area contributed by atoms with Gasteiger partial charge >= 0.3 is 41.5 Å². The summed E-state index contributed by atoms with van der Waals surface area (Å²) in [7, 11) is -4.82. The summed E-state index contributed by atoms with van der Waals surface area (Å²) < 4.78 is 45.8. The Balaban J connectivity index is 0.0000314. The van der Waals surface area contributed by atoms with Crippen LogP contribution < -0.4 is 29.6 Å². The number of hydrogen-bond acceptors (Lipinski definition) is 7. The number of carbonyl (C=O) groups is 2. The van der Waals surface area contributed by atoms with Crippen molar-refractivity contribution in [3.8, 4) is 0 Å². The average Bonchev–Trinajstić information content (AvgIpc) is 3.18. The summed E-state index contributed by atoms with van der Waals surface area (Å²) in [6, 6.07) is 3.14. The van der Waals surface area contributed by atoms with Crippen LogP contribution in [0.15, 0.2) is 47.4 Å². The molecule has 322 valence electrons. The Morgan fingerprint density at radius 1 is 0.474 bits per heavy atom. The second-order valence-corrected chi connectivity index (χ2v) is 17.1. The Labute approximate surface area is 372 Å². The van der Waals surface area contributed by atoms with E-state index in [-0.39, 0.29) is 53.9 Å². The molecule has 0 atom stereocenters. The topological polar surface area (TPSA) is 110 Å². The SMILES string of the molecule is CCCC/C=C/CCCCCCCCCCCCCCOC(=O)c1ccc(S(=O)(=O)[O-])cc1C(=O)OCCCCCCCCCCCCCC/C=C/CCCC.[Na+]. The summed E-state index contributed by atoms with van der Waals surface area (Å²) in [5, 5.41) is 0. The molecule has 0 saturated carbocycles. The van der Waals surface area contributed by atoms with Crippen LogP contribution in [0.1, 0.15) is 240 Å². The Morgan fingerprint density at radius 2 is 0.772 bits per heavy atom. The minimum Gasteiger partial charge on any atom is -0.744 e. The quantitative estimate of drug-likeness (QED) is 0.0214. The van der Waals surface area contributed by atoms with Crippen molar-refractivity contribution in [1.29, 1.82) is 0 Å². The van der Waals surface area contributed by atoms with E-state index in [0.717, 1.165) is 50.7 Å². The molecule has 0 saturated heterocycles. The first kappa shape index (κ1) is 55.5. The van der Waals surface area contributed by atoms with Gasteiger partial charge in [-0.15, -0.1) is 0 Å². The zero-order valence-corrected chi connectivity index (χ0v) is 39.7. The molecule has 0 N–H and O–H groups in total. The van der Waals surface area contributed by atoms with E-state index in [9.17, 15) is 22.6 Å². The van der Waals surface area contributed by atoms with Crippen molar-refractivity contribution in [1.82, 2.24) is 0 Å². The number of hydrogen-bond donors (Lipinski definition) is 0. The zero-order chi connectivity index (χ0) is 40.8. The molecule has 1 aromatic rings. The van der Waals surface area contributed by atoms with Gasteiger partial charge in [-0.2, -0.15) is 0 Å². The monoisotopic (exact) mass is 825 g/mol. The van der Waals surface area contributed by atoms with Crippen LogP contribution in [0.3, 0.4) is 0 Å². The van der Waals surface area contributed by atoms with Gasteiger partial charge in [-0.25, -0.2) is 18.0 Å². The van der Waals surface area contributed by atoms with Gasteiger partial charge in [0, 0.05) is 0 Å². The van der Waals surface area contributed by atoms with Gasteiger partial charge < -0.3 is 14.0 Å².